The molecule has 0 spiro atoms. The van der Waals surface area contributed by atoms with E-state index in [9.17, 15) is 14.7 Å². The fourth-order valence-electron chi connectivity index (χ4n) is 8.96. The summed E-state index contributed by atoms with van der Waals surface area (Å²) < 4.78 is 5.85. The third kappa shape index (κ3) is 3.40. The average Bonchev–Trinajstić information content (AvgIpc) is 3.06. The molecule has 0 aromatic rings. The van der Waals surface area contributed by atoms with Crippen molar-refractivity contribution in [2.45, 2.75) is 97.2 Å². The van der Waals surface area contributed by atoms with E-state index in [4.69, 9.17) is 9.84 Å². The van der Waals surface area contributed by atoms with Crippen molar-refractivity contribution in [3.63, 3.8) is 0 Å². The second-order valence-electron chi connectivity index (χ2n) is 11.5. The monoisotopic (exact) mass is 420 g/mol. The predicted octanol–water partition coefficient (Wildman–Crippen LogP) is 4.66. The zero-order chi connectivity index (χ0) is 21.7. The van der Waals surface area contributed by atoms with Crippen molar-refractivity contribution in [3.8, 4) is 0 Å². The fraction of sp³-hybridized carbons (Fsp3) is 0.920. The molecule has 0 aromatic carbocycles. The van der Waals surface area contributed by atoms with Gasteiger partial charge >= 0.3 is 5.97 Å². The molecule has 30 heavy (non-hydrogen) atoms. The van der Waals surface area contributed by atoms with E-state index in [0.717, 1.165) is 32.1 Å². The van der Waals surface area contributed by atoms with Crippen LogP contribution in [0.1, 0.15) is 85.0 Å². The van der Waals surface area contributed by atoms with Crippen LogP contribution >= 0.6 is 0 Å². The maximum Gasteiger partial charge on any atom is 0.303 e. The van der Waals surface area contributed by atoms with E-state index in [0.29, 0.717) is 48.4 Å². The Morgan fingerprint density at radius 3 is 2.60 bits per heavy atom. The van der Waals surface area contributed by atoms with Crippen LogP contribution in [0.3, 0.4) is 0 Å². The van der Waals surface area contributed by atoms with Gasteiger partial charge in [0.15, 0.2) is 0 Å². The number of hydrogen-bond donors (Lipinski definition) is 2. The smallest absolute Gasteiger partial charge is 0.303 e. The van der Waals surface area contributed by atoms with Gasteiger partial charge < -0.3 is 14.9 Å². The van der Waals surface area contributed by atoms with Gasteiger partial charge in [-0.15, -0.1) is 0 Å². The van der Waals surface area contributed by atoms with Gasteiger partial charge in [0.25, 0.3) is 6.47 Å². The molecule has 0 radical (unpaired) electrons. The Kier molecular flexibility index (Phi) is 5.97. The third-order valence-corrected chi connectivity index (χ3v) is 10.5. The van der Waals surface area contributed by atoms with Gasteiger partial charge in [-0.25, -0.2) is 0 Å². The molecule has 4 fully saturated rings. The maximum absolute atomic E-state index is 11.5. The lowest BCUT2D eigenvalue weighted by Gasteiger charge is -2.62. The summed E-state index contributed by atoms with van der Waals surface area (Å²) in [5.74, 6) is 2.35. The minimum atomic E-state index is -0.725. The highest BCUT2D eigenvalue weighted by atomic mass is 16.5. The van der Waals surface area contributed by atoms with Crippen LogP contribution in [0.4, 0.5) is 0 Å². The van der Waals surface area contributed by atoms with Gasteiger partial charge in [0, 0.05) is 11.8 Å². The predicted molar refractivity (Wildman–Crippen MR) is 114 cm³/mol. The Labute approximate surface area is 180 Å². The number of aliphatic hydroxyl groups excluding tert-OH is 1. The summed E-state index contributed by atoms with van der Waals surface area (Å²) in [5.41, 5.74) is 0.179. The van der Waals surface area contributed by atoms with Crippen LogP contribution in [0.5, 0.6) is 0 Å². The number of ether oxygens (including phenoxy) is 1. The molecule has 5 heteroatoms. The quantitative estimate of drug-likeness (QED) is 0.611. The number of rotatable bonds is 6. The average molecular weight is 421 g/mol. The van der Waals surface area contributed by atoms with E-state index in [1.807, 2.05) is 0 Å². The third-order valence-electron chi connectivity index (χ3n) is 10.5. The summed E-state index contributed by atoms with van der Waals surface area (Å²) >= 11 is 0. The van der Waals surface area contributed by atoms with Crippen molar-refractivity contribution < 1.29 is 24.5 Å². The standard InChI is InChI=1S/C25H40O5/c1-15(4-9-23(28)29)19-7-8-20-18-6-5-16-12-17(27)10-11-24(16,2)21(18)13-22(30-14-26)25(19,20)3/h14-22,27H,4-13H2,1-3H3,(H,28,29)/t15-,16-,17-,18+,19-,20+,21+,22+,24+,25-/m1/s1. The molecule has 4 rings (SSSR count). The summed E-state index contributed by atoms with van der Waals surface area (Å²) in [7, 11) is 0. The molecule has 10 atom stereocenters. The molecule has 2 N–H and O–H groups in total. The fourth-order valence-corrected chi connectivity index (χ4v) is 8.96. The highest BCUT2D eigenvalue weighted by Crippen LogP contribution is 2.68. The normalized spacial score (nSPS) is 48.7. The summed E-state index contributed by atoms with van der Waals surface area (Å²) in [6.07, 6.45) is 9.23. The summed E-state index contributed by atoms with van der Waals surface area (Å²) in [6, 6.07) is 0. The van der Waals surface area contributed by atoms with Crippen molar-refractivity contribution in [3.05, 3.63) is 0 Å². The number of carbonyl (C=O) groups excluding carboxylic acids is 1. The Morgan fingerprint density at radius 1 is 1.13 bits per heavy atom. The molecule has 4 aliphatic rings. The van der Waals surface area contributed by atoms with Crippen LogP contribution in [-0.4, -0.2) is 34.9 Å². The highest BCUT2D eigenvalue weighted by molar-refractivity contribution is 5.66. The summed E-state index contributed by atoms with van der Waals surface area (Å²) in [6.45, 7) is 7.64. The molecule has 0 aliphatic heterocycles. The van der Waals surface area contributed by atoms with Crippen LogP contribution in [0.2, 0.25) is 0 Å². The zero-order valence-corrected chi connectivity index (χ0v) is 18.9. The first-order valence-corrected chi connectivity index (χ1v) is 12.2. The van der Waals surface area contributed by atoms with Crippen LogP contribution in [-0.2, 0) is 14.3 Å². The van der Waals surface area contributed by atoms with Crippen molar-refractivity contribution >= 4 is 12.4 Å². The van der Waals surface area contributed by atoms with E-state index in [1.54, 1.807) is 0 Å². The van der Waals surface area contributed by atoms with Gasteiger partial charge in [0.05, 0.1) is 6.10 Å². The number of aliphatic carboxylic acids is 1. The van der Waals surface area contributed by atoms with Gasteiger partial charge in [-0.2, -0.15) is 0 Å². The first-order valence-electron chi connectivity index (χ1n) is 12.2. The number of carboxylic acid groups (broad SMARTS) is 1. The molecular weight excluding hydrogens is 380 g/mol. The van der Waals surface area contributed by atoms with Crippen molar-refractivity contribution in [1.82, 2.24) is 0 Å². The van der Waals surface area contributed by atoms with Gasteiger partial charge in [-0.05, 0) is 98.7 Å². The summed E-state index contributed by atoms with van der Waals surface area (Å²) in [4.78, 5) is 22.7. The highest BCUT2D eigenvalue weighted by Gasteiger charge is 2.64. The molecule has 0 heterocycles. The van der Waals surface area contributed by atoms with Crippen LogP contribution < -0.4 is 0 Å². The van der Waals surface area contributed by atoms with Gasteiger partial charge in [-0.3, -0.25) is 9.59 Å². The first kappa shape index (κ1) is 22.1. The Hall–Kier alpha value is -1.10. The molecule has 0 aromatic heterocycles. The minimum Gasteiger partial charge on any atom is -0.481 e. The molecule has 170 valence electrons. The molecule has 0 unspecified atom stereocenters. The maximum atomic E-state index is 11.5. The van der Waals surface area contributed by atoms with Crippen molar-refractivity contribution in [2.24, 2.45) is 46.3 Å². The summed E-state index contributed by atoms with van der Waals surface area (Å²) in [5, 5.41) is 19.4. The lowest BCUT2D eigenvalue weighted by atomic mass is 9.43. The number of hydrogen-bond acceptors (Lipinski definition) is 4. The Bertz CT molecular complexity index is 664. The van der Waals surface area contributed by atoms with Gasteiger partial charge in [-0.1, -0.05) is 20.8 Å². The molecular formula is C25H40O5. The Morgan fingerprint density at radius 2 is 1.90 bits per heavy atom. The second-order valence-corrected chi connectivity index (χ2v) is 11.5. The number of carbonyl (C=O) groups is 2. The van der Waals surface area contributed by atoms with E-state index >= 15 is 0 Å². The van der Waals surface area contributed by atoms with Crippen molar-refractivity contribution in [2.75, 3.05) is 0 Å². The molecule has 0 amide bonds. The topological polar surface area (TPSA) is 83.8 Å². The number of carboxylic acids is 1. The molecule has 0 bridgehead atoms. The molecule has 0 saturated heterocycles. The number of aliphatic hydroxyl groups is 1. The molecule has 5 nitrogen and oxygen atoms in total. The van der Waals surface area contributed by atoms with E-state index < -0.39 is 5.97 Å². The van der Waals surface area contributed by atoms with Crippen LogP contribution in [0.15, 0.2) is 0 Å². The largest absolute Gasteiger partial charge is 0.481 e. The van der Waals surface area contributed by atoms with Gasteiger partial charge in [0.1, 0.15) is 6.10 Å². The van der Waals surface area contributed by atoms with Crippen LogP contribution in [0, 0.1) is 46.3 Å². The van der Waals surface area contributed by atoms with E-state index in [2.05, 4.69) is 20.8 Å². The molecule has 4 aliphatic carbocycles. The first-order chi connectivity index (χ1) is 14.2. The lowest BCUT2D eigenvalue weighted by Crippen LogP contribution is -2.59. The van der Waals surface area contributed by atoms with E-state index in [1.165, 1.54) is 19.3 Å². The van der Waals surface area contributed by atoms with Crippen molar-refractivity contribution in [1.29, 1.82) is 0 Å². The second kappa shape index (κ2) is 8.11. The van der Waals surface area contributed by atoms with Crippen LogP contribution in [0.25, 0.3) is 0 Å². The number of fused-ring (bicyclic) bond motifs is 5. The lowest BCUT2D eigenvalue weighted by molar-refractivity contribution is -0.189. The molecule has 4 saturated carbocycles. The Balaban J connectivity index is 1.62. The van der Waals surface area contributed by atoms with Gasteiger partial charge in [0.2, 0.25) is 0 Å². The SMILES string of the molecule is C[C@H](CCC(=O)O)[C@H]1CC[C@H]2[C@@H]3CC[C@@H]4C[C@H](O)CC[C@]4(C)[C@H]3C[C@H](OC=O)[C@]12C. The minimum absolute atomic E-state index is 0.0582. The zero-order valence-electron chi connectivity index (χ0n) is 18.9. The van der Waals surface area contributed by atoms with E-state index in [-0.39, 0.29) is 29.5 Å².